The number of rotatable bonds is 3. The van der Waals surface area contributed by atoms with Gasteiger partial charge in [-0.3, -0.25) is 0 Å². The highest BCUT2D eigenvalue weighted by atomic mass is 16.5. The molecule has 21 heavy (non-hydrogen) atoms. The first-order valence-electron chi connectivity index (χ1n) is 7.11. The van der Waals surface area contributed by atoms with Crippen LogP contribution in [0.4, 0.5) is 5.82 Å². The van der Waals surface area contributed by atoms with Crippen LogP contribution in [0.3, 0.4) is 0 Å². The van der Waals surface area contributed by atoms with Crippen LogP contribution in [0.5, 0.6) is 0 Å². The molecule has 3 rings (SSSR count). The standard InChI is InChI=1S/C15H17N5O/c1-2-12-3-5-13(6-4-12)20-17-14(11-16)15(18-20)19-7-9-21-10-8-19/h3-6H,2,7-10H2,1H3. The molecule has 1 aliphatic rings. The number of hydrogen-bond acceptors (Lipinski definition) is 5. The van der Waals surface area contributed by atoms with E-state index in [1.165, 1.54) is 10.4 Å². The van der Waals surface area contributed by atoms with E-state index in [1.54, 1.807) is 0 Å². The van der Waals surface area contributed by atoms with Crippen LogP contribution in [0.25, 0.3) is 5.69 Å². The number of nitriles is 1. The van der Waals surface area contributed by atoms with E-state index in [9.17, 15) is 5.26 Å². The van der Waals surface area contributed by atoms with Crippen LogP contribution in [0.15, 0.2) is 24.3 Å². The number of benzene rings is 1. The molecule has 1 saturated heterocycles. The van der Waals surface area contributed by atoms with Crippen LogP contribution in [-0.4, -0.2) is 41.3 Å². The first-order chi connectivity index (χ1) is 10.3. The van der Waals surface area contributed by atoms with Crippen LogP contribution >= 0.6 is 0 Å². The van der Waals surface area contributed by atoms with Crippen molar-refractivity contribution in [3.63, 3.8) is 0 Å². The van der Waals surface area contributed by atoms with Gasteiger partial charge in [-0.2, -0.15) is 5.26 Å². The molecule has 2 heterocycles. The molecule has 1 aromatic heterocycles. The van der Waals surface area contributed by atoms with Crippen molar-refractivity contribution < 1.29 is 4.74 Å². The molecule has 6 heteroatoms. The predicted molar refractivity (Wildman–Crippen MR) is 78.5 cm³/mol. The lowest BCUT2D eigenvalue weighted by atomic mass is 10.2. The van der Waals surface area contributed by atoms with Gasteiger partial charge >= 0.3 is 0 Å². The zero-order valence-electron chi connectivity index (χ0n) is 12.0. The summed E-state index contributed by atoms with van der Waals surface area (Å²) in [6.07, 6.45) is 0.995. The summed E-state index contributed by atoms with van der Waals surface area (Å²) in [5.41, 5.74) is 2.49. The summed E-state index contributed by atoms with van der Waals surface area (Å²) in [7, 11) is 0. The maximum absolute atomic E-state index is 9.27. The normalized spacial score (nSPS) is 15.0. The Labute approximate surface area is 123 Å². The van der Waals surface area contributed by atoms with Crippen molar-refractivity contribution in [2.45, 2.75) is 13.3 Å². The lowest BCUT2D eigenvalue weighted by Gasteiger charge is -2.26. The SMILES string of the molecule is CCc1ccc(-n2nc(C#N)c(N3CCOCC3)n2)cc1. The molecule has 108 valence electrons. The highest BCUT2D eigenvalue weighted by Crippen LogP contribution is 2.18. The number of nitrogens with zero attached hydrogens (tertiary/aromatic N) is 5. The molecule has 0 radical (unpaired) electrons. The Hall–Kier alpha value is -2.39. The highest BCUT2D eigenvalue weighted by molar-refractivity contribution is 5.50. The molecule has 0 bridgehead atoms. The van der Waals surface area contributed by atoms with E-state index in [1.807, 2.05) is 17.0 Å². The third-order valence-electron chi connectivity index (χ3n) is 3.59. The van der Waals surface area contributed by atoms with E-state index in [0.29, 0.717) is 24.7 Å². The molecule has 6 nitrogen and oxygen atoms in total. The smallest absolute Gasteiger partial charge is 0.207 e. The van der Waals surface area contributed by atoms with Gasteiger partial charge in [0.25, 0.3) is 0 Å². The van der Waals surface area contributed by atoms with Crippen LogP contribution in [0, 0.1) is 11.3 Å². The second-order valence-corrected chi connectivity index (χ2v) is 4.89. The third kappa shape index (κ3) is 2.73. The van der Waals surface area contributed by atoms with E-state index in [4.69, 9.17) is 4.74 Å². The largest absolute Gasteiger partial charge is 0.378 e. The van der Waals surface area contributed by atoms with Crippen LogP contribution in [-0.2, 0) is 11.2 Å². The number of aryl methyl sites for hydroxylation is 1. The summed E-state index contributed by atoms with van der Waals surface area (Å²) in [6.45, 7) is 4.90. The molecule has 0 atom stereocenters. The van der Waals surface area contributed by atoms with Gasteiger partial charge in [-0.1, -0.05) is 19.1 Å². The lowest BCUT2D eigenvalue weighted by molar-refractivity contribution is 0.122. The summed E-state index contributed by atoms with van der Waals surface area (Å²) in [5, 5.41) is 18.0. The minimum Gasteiger partial charge on any atom is -0.378 e. The molecule has 1 aromatic carbocycles. The van der Waals surface area contributed by atoms with Gasteiger partial charge < -0.3 is 9.64 Å². The first-order valence-corrected chi connectivity index (χ1v) is 7.11. The molecule has 0 spiro atoms. The monoisotopic (exact) mass is 283 g/mol. The Balaban J connectivity index is 1.92. The van der Waals surface area contributed by atoms with Gasteiger partial charge in [0, 0.05) is 13.1 Å². The van der Waals surface area contributed by atoms with Crippen molar-refractivity contribution in [3.8, 4) is 11.8 Å². The van der Waals surface area contributed by atoms with E-state index in [2.05, 4.69) is 35.3 Å². The molecular formula is C15H17N5O. The summed E-state index contributed by atoms with van der Waals surface area (Å²) in [4.78, 5) is 3.58. The average molecular weight is 283 g/mol. The van der Waals surface area contributed by atoms with Crippen molar-refractivity contribution in [1.82, 2.24) is 15.0 Å². The number of ether oxygens (including phenoxy) is 1. The average Bonchev–Trinajstić information content (AvgIpc) is 3.00. The summed E-state index contributed by atoms with van der Waals surface area (Å²) in [5.74, 6) is 0.639. The number of morpholine rings is 1. The second-order valence-electron chi connectivity index (χ2n) is 4.89. The Morgan fingerprint density at radius 2 is 1.90 bits per heavy atom. The molecule has 0 aliphatic carbocycles. The van der Waals surface area contributed by atoms with E-state index >= 15 is 0 Å². The van der Waals surface area contributed by atoms with E-state index < -0.39 is 0 Å². The maximum Gasteiger partial charge on any atom is 0.207 e. The molecule has 0 saturated carbocycles. The van der Waals surface area contributed by atoms with Crippen molar-refractivity contribution in [2.24, 2.45) is 0 Å². The van der Waals surface area contributed by atoms with Gasteiger partial charge in [0.1, 0.15) is 6.07 Å². The molecular weight excluding hydrogens is 266 g/mol. The summed E-state index contributed by atoms with van der Waals surface area (Å²) >= 11 is 0. The van der Waals surface area contributed by atoms with Gasteiger partial charge in [0.2, 0.25) is 5.69 Å². The quantitative estimate of drug-likeness (QED) is 0.854. The molecule has 0 unspecified atom stereocenters. The van der Waals surface area contributed by atoms with Crippen molar-refractivity contribution in [3.05, 3.63) is 35.5 Å². The zero-order chi connectivity index (χ0) is 14.7. The number of anilines is 1. The Morgan fingerprint density at radius 3 is 2.52 bits per heavy atom. The fraction of sp³-hybridized carbons (Fsp3) is 0.400. The minimum absolute atomic E-state index is 0.358. The Bertz CT molecular complexity index is 650. The minimum atomic E-state index is 0.358. The topological polar surface area (TPSA) is 67.0 Å². The van der Waals surface area contributed by atoms with Crippen molar-refractivity contribution in [2.75, 3.05) is 31.2 Å². The van der Waals surface area contributed by atoms with Gasteiger partial charge in [-0.15, -0.1) is 15.0 Å². The van der Waals surface area contributed by atoms with Gasteiger partial charge in [-0.25, -0.2) is 0 Å². The Morgan fingerprint density at radius 1 is 1.19 bits per heavy atom. The van der Waals surface area contributed by atoms with Gasteiger partial charge in [0.05, 0.1) is 18.9 Å². The fourth-order valence-corrected chi connectivity index (χ4v) is 2.34. The molecule has 0 N–H and O–H groups in total. The third-order valence-corrected chi connectivity index (χ3v) is 3.59. The maximum atomic E-state index is 9.27. The molecule has 1 aliphatic heterocycles. The molecule has 1 fully saturated rings. The van der Waals surface area contributed by atoms with Crippen LogP contribution < -0.4 is 4.90 Å². The van der Waals surface area contributed by atoms with Gasteiger partial charge in [-0.05, 0) is 24.1 Å². The fourth-order valence-electron chi connectivity index (χ4n) is 2.34. The van der Waals surface area contributed by atoms with E-state index in [-0.39, 0.29) is 0 Å². The van der Waals surface area contributed by atoms with Crippen molar-refractivity contribution >= 4 is 5.82 Å². The second kappa shape index (κ2) is 5.94. The lowest BCUT2D eigenvalue weighted by Crippen LogP contribution is -2.37. The zero-order valence-corrected chi connectivity index (χ0v) is 12.0. The van der Waals surface area contributed by atoms with Gasteiger partial charge in [0.15, 0.2) is 5.82 Å². The first kappa shape index (κ1) is 13.6. The Kier molecular flexibility index (Phi) is 3.84. The highest BCUT2D eigenvalue weighted by Gasteiger charge is 2.20. The molecule has 0 amide bonds. The summed E-state index contributed by atoms with van der Waals surface area (Å²) in [6, 6.07) is 10.2. The number of aromatic nitrogens is 3. The molecule has 2 aromatic rings. The number of hydrogen-bond donors (Lipinski definition) is 0. The summed E-state index contributed by atoms with van der Waals surface area (Å²) < 4.78 is 5.33. The van der Waals surface area contributed by atoms with Crippen LogP contribution in [0.2, 0.25) is 0 Å². The van der Waals surface area contributed by atoms with Crippen molar-refractivity contribution in [1.29, 1.82) is 5.26 Å². The van der Waals surface area contributed by atoms with E-state index in [0.717, 1.165) is 25.2 Å². The predicted octanol–water partition coefficient (Wildman–Crippen LogP) is 1.54. The van der Waals surface area contributed by atoms with Crippen LogP contribution in [0.1, 0.15) is 18.2 Å².